The zero-order valence-electron chi connectivity index (χ0n) is 18.0. The lowest BCUT2D eigenvalue weighted by Gasteiger charge is -2.21. The van der Waals surface area contributed by atoms with E-state index in [9.17, 15) is 14.4 Å². The maximum absolute atomic E-state index is 13.1. The quantitative estimate of drug-likeness (QED) is 0.400. The van der Waals surface area contributed by atoms with Crippen LogP contribution < -0.4 is 10.1 Å². The highest BCUT2D eigenvalue weighted by Crippen LogP contribution is 2.26. The largest absolute Gasteiger partial charge is 0.497 e. The smallest absolute Gasteiger partial charge is 0.309 e. The summed E-state index contributed by atoms with van der Waals surface area (Å²) in [5.41, 5.74) is 1.75. The molecule has 0 saturated carbocycles. The molecule has 0 radical (unpaired) electrons. The second-order valence-corrected chi connectivity index (χ2v) is 7.24. The molecular weight excluding hydrogens is 406 g/mol. The van der Waals surface area contributed by atoms with E-state index in [0.717, 1.165) is 5.56 Å². The molecule has 1 amide bonds. The summed E-state index contributed by atoms with van der Waals surface area (Å²) in [6.07, 6.45) is -1.21. The molecule has 0 aromatic heterocycles. The van der Waals surface area contributed by atoms with Crippen LogP contribution in [-0.2, 0) is 14.3 Å². The minimum atomic E-state index is -1.08. The molecule has 0 aliphatic rings. The molecule has 6 heteroatoms. The Morgan fingerprint density at radius 2 is 1.41 bits per heavy atom. The van der Waals surface area contributed by atoms with Crippen LogP contribution in [0.1, 0.15) is 47.0 Å². The van der Waals surface area contributed by atoms with Crippen LogP contribution in [-0.4, -0.2) is 24.8 Å². The van der Waals surface area contributed by atoms with Gasteiger partial charge in [0.2, 0.25) is 11.7 Å². The van der Waals surface area contributed by atoms with E-state index in [2.05, 4.69) is 5.32 Å². The van der Waals surface area contributed by atoms with Gasteiger partial charge in [-0.15, -0.1) is 0 Å². The van der Waals surface area contributed by atoms with Gasteiger partial charge in [-0.25, -0.2) is 0 Å². The van der Waals surface area contributed by atoms with Gasteiger partial charge in [-0.2, -0.15) is 0 Å². The average molecular weight is 431 g/mol. The second-order valence-electron chi connectivity index (χ2n) is 7.24. The topological polar surface area (TPSA) is 81.7 Å². The van der Waals surface area contributed by atoms with Crippen molar-refractivity contribution in [3.8, 4) is 5.75 Å². The minimum absolute atomic E-state index is 0.128. The van der Waals surface area contributed by atoms with E-state index in [1.807, 2.05) is 12.1 Å². The van der Waals surface area contributed by atoms with Crippen molar-refractivity contribution in [1.82, 2.24) is 5.32 Å². The van der Waals surface area contributed by atoms with Crippen LogP contribution in [0.5, 0.6) is 5.75 Å². The normalized spacial score (nSPS) is 12.3. The first-order chi connectivity index (χ1) is 15.5. The summed E-state index contributed by atoms with van der Waals surface area (Å²) in [7, 11) is 1.56. The van der Waals surface area contributed by atoms with Crippen molar-refractivity contribution >= 4 is 17.7 Å². The van der Waals surface area contributed by atoms with Crippen molar-refractivity contribution in [1.29, 1.82) is 0 Å². The molecule has 0 fully saturated rings. The van der Waals surface area contributed by atoms with Crippen molar-refractivity contribution in [2.75, 3.05) is 7.11 Å². The molecule has 3 rings (SSSR count). The van der Waals surface area contributed by atoms with E-state index in [1.165, 1.54) is 6.92 Å². The van der Waals surface area contributed by atoms with Crippen LogP contribution in [0, 0.1) is 0 Å². The number of rotatable bonds is 9. The lowest BCUT2D eigenvalue weighted by Crippen LogP contribution is -2.29. The fourth-order valence-electron chi connectivity index (χ4n) is 3.33. The Labute approximate surface area is 187 Å². The summed E-state index contributed by atoms with van der Waals surface area (Å²) in [4.78, 5) is 37.8. The second kappa shape index (κ2) is 10.9. The highest BCUT2D eigenvalue weighted by atomic mass is 16.5. The van der Waals surface area contributed by atoms with Gasteiger partial charge >= 0.3 is 5.97 Å². The first-order valence-corrected chi connectivity index (χ1v) is 10.2. The van der Waals surface area contributed by atoms with Crippen molar-refractivity contribution < 1.29 is 23.9 Å². The van der Waals surface area contributed by atoms with Crippen LogP contribution in [0.3, 0.4) is 0 Å². The van der Waals surface area contributed by atoms with Crippen LogP contribution in [0.4, 0.5) is 0 Å². The molecule has 0 heterocycles. The van der Waals surface area contributed by atoms with E-state index >= 15 is 0 Å². The fraction of sp³-hybridized carbons (Fsp3) is 0.192. The number of Topliss-reactive ketones (excluding diaryl/α,β-unsaturated/α-hetero) is 1. The lowest BCUT2D eigenvalue weighted by atomic mass is 9.99. The van der Waals surface area contributed by atoms with E-state index in [0.29, 0.717) is 16.9 Å². The summed E-state index contributed by atoms with van der Waals surface area (Å²) in [5.74, 6) is -0.530. The number of amides is 1. The van der Waals surface area contributed by atoms with Gasteiger partial charge in [0.15, 0.2) is 6.10 Å². The van der Waals surface area contributed by atoms with Crippen LogP contribution in [0.2, 0.25) is 0 Å². The zero-order valence-corrected chi connectivity index (χ0v) is 18.0. The van der Waals surface area contributed by atoms with Gasteiger partial charge in [0.1, 0.15) is 5.75 Å². The summed E-state index contributed by atoms with van der Waals surface area (Å²) in [5, 5.41) is 2.77. The molecule has 2 unspecified atom stereocenters. The Morgan fingerprint density at radius 3 is 1.97 bits per heavy atom. The molecule has 3 aromatic rings. The standard InChI is InChI=1S/C26H25NO5/c1-18(28)27-23(19-13-15-22(31-2)16-14-19)17-24(29)32-26(21-11-7-4-8-12-21)25(30)20-9-5-3-6-10-20/h3-16,23,26H,17H2,1-2H3,(H,27,28). The number of hydrogen-bond acceptors (Lipinski definition) is 5. The Bertz CT molecular complexity index is 1050. The van der Waals surface area contributed by atoms with Crippen molar-refractivity contribution in [3.05, 3.63) is 102 Å². The third-order valence-electron chi connectivity index (χ3n) is 4.91. The number of carbonyl (C=O) groups excluding carboxylic acids is 3. The SMILES string of the molecule is COc1ccc(C(CC(=O)OC(C(=O)c2ccccc2)c2ccccc2)NC(C)=O)cc1. The van der Waals surface area contributed by atoms with E-state index < -0.39 is 18.1 Å². The Kier molecular flexibility index (Phi) is 7.75. The molecule has 0 saturated heterocycles. The monoisotopic (exact) mass is 431 g/mol. The van der Waals surface area contributed by atoms with E-state index in [-0.39, 0.29) is 18.1 Å². The number of hydrogen-bond donors (Lipinski definition) is 1. The van der Waals surface area contributed by atoms with E-state index in [4.69, 9.17) is 9.47 Å². The average Bonchev–Trinajstić information content (AvgIpc) is 2.82. The third kappa shape index (κ3) is 6.04. The molecule has 0 spiro atoms. The first-order valence-electron chi connectivity index (χ1n) is 10.2. The summed E-state index contributed by atoms with van der Waals surface area (Å²) in [6, 6.07) is 24.0. The molecule has 6 nitrogen and oxygen atoms in total. The van der Waals surface area contributed by atoms with Crippen molar-refractivity contribution in [3.63, 3.8) is 0 Å². The van der Waals surface area contributed by atoms with Gasteiger partial charge in [-0.1, -0.05) is 72.8 Å². The zero-order chi connectivity index (χ0) is 22.9. The molecular formula is C26H25NO5. The van der Waals surface area contributed by atoms with Crippen molar-refractivity contribution in [2.24, 2.45) is 0 Å². The molecule has 164 valence electrons. The highest BCUT2D eigenvalue weighted by Gasteiger charge is 2.28. The van der Waals surface area contributed by atoms with Gasteiger partial charge in [0.25, 0.3) is 0 Å². The Hall–Kier alpha value is -3.93. The third-order valence-corrected chi connectivity index (χ3v) is 4.91. The Morgan fingerprint density at radius 1 is 0.812 bits per heavy atom. The van der Waals surface area contributed by atoms with Gasteiger partial charge in [0.05, 0.1) is 19.6 Å². The number of ether oxygens (including phenoxy) is 2. The number of ketones is 1. The van der Waals surface area contributed by atoms with E-state index in [1.54, 1.807) is 79.9 Å². The number of esters is 1. The molecule has 3 aromatic carbocycles. The van der Waals surface area contributed by atoms with Gasteiger partial charge < -0.3 is 14.8 Å². The van der Waals surface area contributed by atoms with Gasteiger partial charge in [0, 0.05) is 18.1 Å². The Balaban J connectivity index is 1.82. The maximum atomic E-state index is 13.1. The molecule has 2 atom stereocenters. The lowest BCUT2D eigenvalue weighted by molar-refractivity contribution is -0.148. The minimum Gasteiger partial charge on any atom is -0.497 e. The summed E-state index contributed by atoms with van der Waals surface area (Å²) in [6.45, 7) is 1.38. The molecule has 0 aliphatic carbocycles. The number of carbonyl (C=O) groups is 3. The number of benzene rings is 3. The van der Waals surface area contributed by atoms with Crippen molar-refractivity contribution in [2.45, 2.75) is 25.5 Å². The predicted octanol–water partition coefficient (Wildman–Crippen LogP) is 4.43. The number of nitrogens with one attached hydrogen (secondary N) is 1. The predicted molar refractivity (Wildman–Crippen MR) is 120 cm³/mol. The molecule has 1 N–H and O–H groups in total. The molecule has 0 bridgehead atoms. The van der Waals surface area contributed by atoms with Crippen LogP contribution >= 0.6 is 0 Å². The fourth-order valence-corrected chi connectivity index (χ4v) is 3.33. The van der Waals surface area contributed by atoms with Gasteiger partial charge in [-0.05, 0) is 17.7 Å². The first kappa shape index (κ1) is 22.7. The maximum Gasteiger partial charge on any atom is 0.309 e. The highest BCUT2D eigenvalue weighted by molar-refractivity contribution is 6.01. The molecule has 32 heavy (non-hydrogen) atoms. The number of methoxy groups -OCH3 is 1. The van der Waals surface area contributed by atoms with Gasteiger partial charge in [-0.3, -0.25) is 14.4 Å². The van der Waals surface area contributed by atoms with Crippen LogP contribution in [0.25, 0.3) is 0 Å². The molecule has 0 aliphatic heterocycles. The van der Waals surface area contributed by atoms with Crippen LogP contribution in [0.15, 0.2) is 84.9 Å². The summed E-state index contributed by atoms with van der Waals surface area (Å²) < 4.78 is 10.8. The summed E-state index contributed by atoms with van der Waals surface area (Å²) >= 11 is 0.